The number of likely N-dealkylation sites (tertiary alicyclic amines) is 1. The minimum Gasteiger partial charge on any atom is -0.395 e. The van der Waals surface area contributed by atoms with Gasteiger partial charge in [0.2, 0.25) is 17.7 Å². The fraction of sp³-hybridized carbons (Fsp3) is 0.667. The molecule has 1 aliphatic heterocycles. The van der Waals surface area contributed by atoms with Crippen LogP contribution in [0.3, 0.4) is 0 Å². The lowest BCUT2D eigenvalue weighted by molar-refractivity contribution is -0.138. The number of imide groups is 1. The van der Waals surface area contributed by atoms with Crippen LogP contribution < -0.4 is 10.6 Å². The molecule has 1 fully saturated rings. The van der Waals surface area contributed by atoms with Gasteiger partial charge in [-0.25, -0.2) is 0 Å². The van der Waals surface area contributed by atoms with E-state index in [1.807, 2.05) is 0 Å². The summed E-state index contributed by atoms with van der Waals surface area (Å²) in [5, 5.41) is 13.5. The molecular formula is C12H19N3O5. The minimum absolute atomic E-state index is 0.0451. The smallest absolute Gasteiger partial charge is 0.252 e. The van der Waals surface area contributed by atoms with Gasteiger partial charge in [0.25, 0.3) is 5.91 Å². The van der Waals surface area contributed by atoms with Crippen LogP contribution in [0.4, 0.5) is 0 Å². The summed E-state index contributed by atoms with van der Waals surface area (Å²) in [5.74, 6) is -2.21. The number of nitrogens with one attached hydrogen (secondary N) is 2. The van der Waals surface area contributed by atoms with E-state index in [1.165, 1.54) is 7.05 Å². The van der Waals surface area contributed by atoms with E-state index >= 15 is 0 Å². The Morgan fingerprint density at radius 1 is 1.45 bits per heavy atom. The Bertz CT molecular complexity index is 423. The zero-order valence-electron chi connectivity index (χ0n) is 11.5. The van der Waals surface area contributed by atoms with Gasteiger partial charge in [0.1, 0.15) is 6.04 Å². The number of amides is 4. The zero-order chi connectivity index (χ0) is 15.3. The lowest BCUT2D eigenvalue weighted by Crippen LogP contribution is -2.43. The van der Waals surface area contributed by atoms with E-state index in [-0.39, 0.29) is 37.8 Å². The lowest BCUT2D eigenvalue weighted by atomic mass is 10.1. The molecule has 0 aromatic rings. The van der Waals surface area contributed by atoms with Crippen molar-refractivity contribution < 1.29 is 24.3 Å². The Morgan fingerprint density at radius 2 is 2.10 bits per heavy atom. The van der Waals surface area contributed by atoms with Crippen molar-refractivity contribution in [1.29, 1.82) is 0 Å². The van der Waals surface area contributed by atoms with Crippen molar-refractivity contribution in [3.63, 3.8) is 0 Å². The van der Waals surface area contributed by atoms with Crippen LogP contribution in [0.15, 0.2) is 0 Å². The molecule has 1 aliphatic rings. The number of likely N-dealkylation sites (N-methyl/N-ethyl adjacent to an activating group) is 1. The number of rotatable bonds is 6. The van der Waals surface area contributed by atoms with Crippen molar-refractivity contribution in [1.82, 2.24) is 15.5 Å². The number of hydrogen-bond donors (Lipinski definition) is 3. The van der Waals surface area contributed by atoms with Gasteiger partial charge >= 0.3 is 0 Å². The Labute approximate surface area is 116 Å². The Balaban J connectivity index is 2.44. The van der Waals surface area contributed by atoms with Crippen molar-refractivity contribution in [2.24, 2.45) is 5.92 Å². The van der Waals surface area contributed by atoms with Crippen LogP contribution in [0.25, 0.3) is 0 Å². The highest BCUT2D eigenvalue weighted by Gasteiger charge is 2.37. The first-order chi connectivity index (χ1) is 9.36. The van der Waals surface area contributed by atoms with E-state index in [9.17, 15) is 19.2 Å². The van der Waals surface area contributed by atoms with Gasteiger partial charge in [-0.3, -0.25) is 24.1 Å². The second-order valence-electron chi connectivity index (χ2n) is 4.74. The first-order valence-corrected chi connectivity index (χ1v) is 6.35. The maximum Gasteiger partial charge on any atom is 0.252 e. The number of aliphatic hydroxyl groups excluding tert-OH is 1. The van der Waals surface area contributed by atoms with E-state index in [0.29, 0.717) is 0 Å². The molecule has 0 aliphatic carbocycles. The lowest BCUT2D eigenvalue weighted by Gasteiger charge is -2.15. The highest BCUT2D eigenvalue weighted by Crippen LogP contribution is 2.12. The normalized spacial score (nSPS) is 19.9. The fourth-order valence-electron chi connectivity index (χ4n) is 1.82. The molecule has 0 radical (unpaired) electrons. The van der Waals surface area contributed by atoms with Crippen molar-refractivity contribution in [3.8, 4) is 0 Å². The van der Waals surface area contributed by atoms with Crippen molar-refractivity contribution in [2.75, 3.05) is 20.2 Å². The van der Waals surface area contributed by atoms with E-state index in [1.54, 1.807) is 6.92 Å². The van der Waals surface area contributed by atoms with Crippen LogP contribution in [0, 0.1) is 5.92 Å². The summed E-state index contributed by atoms with van der Waals surface area (Å²) in [6.45, 7) is 1.52. The average molecular weight is 285 g/mol. The number of nitrogens with zero attached hydrogens (tertiary/aromatic N) is 1. The van der Waals surface area contributed by atoms with Crippen molar-refractivity contribution in [3.05, 3.63) is 0 Å². The number of aliphatic hydroxyl groups is 1. The van der Waals surface area contributed by atoms with Crippen LogP contribution in [0.1, 0.15) is 19.8 Å². The van der Waals surface area contributed by atoms with Gasteiger partial charge in [0.15, 0.2) is 0 Å². The molecule has 112 valence electrons. The highest BCUT2D eigenvalue weighted by molar-refractivity contribution is 6.06. The molecule has 2 unspecified atom stereocenters. The number of hydrogen-bond acceptors (Lipinski definition) is 5. The maximum atomic E-state index is 11.8. The zero-order valence-corrected chi connectivity index (χ0v) is 11.5. The number of carbonyl (C=O) groups excluding carboxylic acids is 4. The first kappa shape index (κ1) is 16.1. The third-order valence-corrected chi connectivity index (χ3v) is 3.07. The van der Waals surface area contributed by atoms with Gasteiger partial charge in [-0.1, -0.05) is 6.92 Å². The molecule has 0 bridgehead atoms. The van der Waals surface area contributed by atoms with E-state index in [2.05, 4.69) is 10.6 Å². The monoisotopic (exact) mass is 285 g/mol. The molecule has 0 aromatic carbocycles. The van der Waals surface area contributed by atoms with Crippen LogP contribution in [-0.2, 0) is 19.2 Å². The Hall–Kier alpha value is -1.96. The van der Waals surface area contributed by atoms with Crippen LogP contribution >= 0.6 is 0 Å². The topological polar surface area (TPSA) is 116 Å². The van der Waals surface area contributed by atoms with Gasteiger partial charge in [-0.15, -0.1) is 0 Å². The molecule has 8 heteroatoms. The first-order valence-electron chi connectivity index (χ1n) is 6.35. The van der Waals surface area contributed by atoms with Gasteiger partial charge < -0.3 is 15.7 Å². The van der Waals surface area contributed by atoms with Crippen LogP contribution in [-0.4, -0.2) is 59.9 Å². The molecule has 0 aromatic heterocycles. The Kier molecular flexibility index (Phi) is 5.63. The highest BCUT2D eigenvalue weighted by atomic mass is 16.3. The minimum atomic E-state index is -0.844. The largest absolute Gasteiger partial charge is 0.395 e. The third kappa shape index (κ3) is 4.02. The Morgan fingerprint density at radius 3 is 2.60 bits per heavy atom. The standard InChI is InChI=1S/C12H19N3O5/c1-7(5-9(17)13-3-4-16)11(19)14-8-6-10(18)15(2)12(8)20/h7-8,16H,3-6H2,1-2H3,(H,13,17)(H,14,19). The maximum absolute atomic E-state index is 11.8. The second kappa shape index (κ2) is 6.99. The third-order valence-electron chi connectivity index (χ3n) is 3.07. The summed E-state index contributed by atoms with van der Waals surface area (Å²) in [4.78, 5) is 47.1. The molecule has 8 nitrogen and oxygen atoms in total. The summed E-state index contributed by atoms with van der Waals surface area (Å²) in [5.41, 5.74) is 0. The van der Waals surface area contributed by atoms with Gasteiger partial charge in [-0.2, -0.15) is 0 Å². The van der Waals surface area contributed by atoms with Gasteiger partial charge in [0.05, 0.1) is 13.0 Å². The van der Waals surface area contributed by atoms with E-state index < -0.39 is 23.8 Å². The van der Waals surface area contributed by atoms with Crippen LogP contribution in [0.5, 0.6) is 0 Å². The summed E-state index contributed by atoms with van der Waals surface area (Å²) in [7, 11) is 1.36. The van der Waals surface area contributed by atoms with Crippen molar-refractivity contribution in [2.45, 2.75) is 25.8 Å². The molecule has 3 N–H and O–H groups in total. The number of carbonyl (C=O) groups is 4. The summed E-state index contributed by atoms with van der Waals surface area (Å²) < 4.78 is 0. The van der Waals surface area contributed by atoms with E-state index in [0.717, 1.165) is 4.90 Å². The average Bonchev–Trinajstić information content (AvgIpc) is 2.63. The molecule has 2 atom stereocenters. The van der Waals surface area contributed by atoms with Gasteiger partial charge in [0, 0.05) is 25.9 Å². The fourth-order valence-corrected chi connectivity index (χ4v) is 1.82. The predicted molar refractivity (Wildman–Crippen MR) is 68.2 cm³/mol. The van der Waals surface area contributed by atoms with Crippen LogP contribution in [0.2, 0.25) is 0 Å². The molecular weight excluding hydrogens is 266 g/mol. The summed E-state index contributed by atoms with van der Waals surface area (Å²) >= 11 is 0. The predicted octanol–water partition coefficient (Wildman–Crippen LogP) is -2.01. The van der Waals surface area contributed by atoms with Crippen molar-refractivity contribution >= 4 is 23.6 Å². The molecule has 1 heterocycles. The molecule has 0 spiro atoms. The second-order valence-corrected chi connectivity index (χ2v) is 4.74. The molecule has 1 saturated heterocycles. The van der Waals surface area contributed by atoms with E-state index in [4.69, 9.17) is 5.11 Å². The van der Waals surface area contributed by atoms with Gasteiger partial charge in [-0.05, 0) is 0 Å². The quantitative estimate of drug-likeness (QED) is 0.488. The summed E-state index contributed by atoms with van der Waals surface area (Å²) in [6.07, 6.45) is -0.0962. The SMILES string of the molecule is CC(CC(=O)NCCO)C(=O)NC1CC(=O)N(C)C1=O. The molecule has 20 heavy (non-hydrogen) atoms. The molecule has 4 amide bonds. The molecule has 0 saturated carbocycles. The summed E-state index contributed by atoms with van der Waals surface area (Å²) in [6, 6.07) is -0.844. The molecule has 1 rings (SSSR count).